The lowest BCUT2D eigenvalue weighted by atomic mass is 10.3. The third-order valence-corrected chi connectivity index (χ3v) is 1.94. The predicted molar refractivity (Wildman–Crippen MR) is 48.8 cm³/mol. The molecule has 0 aromatic rings. The van der Waals surface area contributed by atoms with Crippen LogP contribution in [0.15, 0.2) is 0 Å². The predicted octanol–water partition coefficient (Wildman–Crippen LogP) is 0.610. The van der Waals surface area contributed by atoms with Crippen LogP contribution in [0.4, 0.5) is 0 Å². The number of hydrogen-bond acceptors (Lipinski definition) is 2. The van der Waals surface area contributed by atoms with Gasteiger partial charge in [0.1, 0.15) is 8.07 Å². The van der Waals surface area contributed by atoms with Gasteiger partial charge in [0, 0.05) is 6.42 Å². The van der Waals surface area contributed by atoms with Crippen molar-refractivity contribution in [3.05, 3.63) is 0 Å². The molecule has 0 spiro atoms. The van der Waals surface area contributed by atoms with Crippen LogP contribution in [0.2, 0.25) is 19.6 Å². The van der Waals surface area contributed by atoms with E-state index in [1.807, 2.05) is 0 Å². The third kappa shape index (κ3) is 7.60. The molecule has 0 aromatic carbocycles. The van der Waals surface area contributed by atoms with E-state index < -0.39 is 14.2 Å². The fourth-order valence-electron chi connectivity index (χ4n) is 0.499. The molecule has 0 bridgehead atoms. The van der Waals surface area contributed by atoms with Crippen molar-refractivity contribution in [2.24, 2.45) is 0 Å². The van der Waals surface area contributed by atoms with Crippen molar-refractivity contribution in [3.63, 3.8) is 0 Å². The van der Waals surface area contributed by atoms with Crippen LogP contribution in [0.1, 0.15) is 6.42 Å². The van der Waals surface area contributed by atoms with E-state index in [0.29, 0.717) is 6.42 Å². The minimum absolute atomic E-state index is 0.194. The van der Waals surface area contributed by atoms with Crippen molar-refractivity contribution in [2.45, 2.75) is 32.2 Å². The molecular weight excluding hydrogens is 156 g/mol. The zero-order valence-corrected chi connectivity index (χ0v) is 8.39. The monoisotopic (exact) mass is 172 g/mol. The molecule has 0 amide bonds. The molecule has 0 saturated carbocycles. The summed E-state index contributed by atoms with van der Waals surface area (Å²) in [6, 6.07) is 0. The standard InChI is InChI=1S/C8H16O2Si/c1-11(2,3)6-4-5-8(10)7-9/h8-10H,5,7H2,1-3H3. The van der Waals surface area contributed by atoms with Crippen LogP contribution in [0.3, 0.4) is 0 Å². The van der Waals surface area contributed by atoms with Crippen molar-refractivity contribution < 1.29 is 10.2 Å². The number of aliphatic hydroxyl groups is 2. The molecule has 1 unspecified atom stereocenters. The Kier molecular flexibility index (Phi) is 4.42. The van der Waals surface area contributed by atoms with Crippen molar-refractivity contribution in [1.29, 1.82) is 0 Å². The summed E-state index contributed by atoms with van der Waals surface area (Å²) in [7, 11) is -1.29. The summed E-state index contributed by atoms with van der Waals surface area (Å²) in [5.41, 5.74) is 3.10. The molecule has 11 heavy (non-hydrogen) atoms. The highest BCUT2D eigenvalue weighted by Crippen LogP contribution is 1.97. The molecule has 0 rings (SSSR count). The zero-order valence-electron chi connectivity index (χ0n) is 7.39. The minimum Gasteiger partial charge on any atom is -0.394 e. The average Bonchev–Trinajstić information content (AvgIpc) is 1.85. The summed E-state index contributed by atoms with van der Waals surface area (Å²) < 4.78 is 0. The van der Waals surface area contributed by atoms with Crippen molar-refractivity contribution >= 4 is 8.07 Å². The zero-order chi connectivity index (χ0) is 8.91. The van der Waals surface area contributed by atoms with Crippen molar-refractivity contribution in [1.82, 2.24) is 0 Å². The van der Waals surface area contributed by atoms with E-state index in [9.17, 15) is 0 Å². The summed E-state index contributed by atoms with van der Waals surface area (Å²) in [5, 5.41) is 17.4. The van der Waals surface area contributed by atoms with E-state index in [4.69, 9.17) is 10.2 Å². The maximum Gasteiger partial charge on any atom is 0.129 e. The second-order valence-corrected chi connectivity index (χ2v) is 8.34. The molecule has 3 heteroatoms. The van der Waals surface area contributed by atoms with E-state index in [1.54, 1.807) is 0 Å². The highest BCUT2D eigenvalue weighted by Gasteiger charge is 2.07. The molecule has 0 aromatic heterocycles. The van der Waals surface area contributed by atoms with Crippen LogP contribution in [0.25, 0.3) is 0 Å². The topological polar surface area (TPSA) is 40.5 Å². The first-order valence-corrected chi connectivity index (χ1v) is 7.24. The van der Waals surface area contributed by atoms with Gasteiger partial charge in [-0.1, -0.05) is 19.6 Å². The van der Waals surface area contributed by atoms with Gasteiger partial charge < -0.3 is 10.2 Å². The first-order chi connectivity index (χ1) is 4.95. The van der Waals surface area contributed by atoms with Gasteiger partial charge in [0.05, 0.1) is 12.7 Å². The largest absolute Gasteiger partial charge is 0.394 e. The first kappa shape index (κ1) is 10.7. The summed E-state index contributed by atoms with van der Waals surface area (Å²) >= 11 is 0. The van der Waals surface area contributed by atoms with Gasteiger partial charge in [-0.15, -0.1) is 11.5 Å². The SMILES string of the molecule is C[Si](C)(C)C#CCC(O)CO. The maximum absolute atomic E-state index is 8.92. The third-order valence-electron chi connectivity index (χ3n) is 1.01. The highest BCUT2D eigenvalue weighted by molar-refractivity contribution is 6.83. The maximum atomic E-state index is 8.92. The number of aliphatic hydroxyl groups excluding tert-OH is 2. The molecule has 64 valence electrons. The van der Waals surface area contributed by atoms with Gasteiger partial charge in [0.25, 0.3) is 0 Å². The Morgan fingerprint density at radius 1 is 1.36 bits per heavy atom. The summed E-state index contributed by atoms with van der Waals surface area (Å²) in [6.45, 7) is 6.24. The lowest BCUT2D eigenvalue weighted by molar-refractivity contribution is 0.0992. The lowest BCUT2D eigenvalue weighted by Crippen LogP contribution is -2.17. The van der Waals surface area contributed by atoms with Crippen LogP contribution in [0.5, 0.6) is 0 Å². The Bertz CT molecular complexity index is 161. The fraction of sp³-hybridized carbons (Fsp3) is 0.750. The van der Waals surface area contributed by atoms with Crippen LogP contribution in [0, 0.1) is 11.5 Å². The van der Waals surface area contributed by atoms with E-state index in [2.05, 4.69) is 31.1 Å². The van der Waals surface area contributed by atoms with Gasteiger partial charge in [0.15, 0.2) is 0 Å². The van der Waals surface area contributed by atoms with Crippen LogP contribution in [-0.2, 0) is 0 Å². The Hall–Kier alpha value is -0.303. The molecule has 0 aliphatic rings. The Labute approximate surface area is 69.3 Å². The van der Waals surface area contributed by atoms with E-state index in [-0.39, 0.29) is 6.61 Å². The Morgan fingerprint density at radius 3 is 2.27 bits per heavy atom. The van der Waals surface area contributed by atoms with E-state index in [0.717, 1.165) is 0 Å². The van der Waals surface area contributed by atoms with Crippen LogP contribution in [-0.4, -0.2) is 31.0 Å². The normalized spacial score (nSPS) is 13.5. The molecule has 1 atom stereocenters. The quantitative estimate of drug-likeness (QED) is 0.473. The second-order valence-electron chi connectivity index (χ2n) is 3.59. The number of rotatable bonds is 2. The summed E-state index contributed by atoms with van der Waals surface area (Å²) in [4.78, 5) is 0. The smallest absolute Gasteiger partial charge is 0.129 e. The molecule has 0 fully saturated rings. The van der Waals surface area contributed by atoms with Crippen molar-refractivity contribution in [3.8, 4) is 11.5 Å². The van der Waals surface area contributed by atoms with Gasteiger partial charge in [-0.3, -0.25) is 0 Å². The summed E-state index contributed by atoms with van der Waals surface area (Å²) in [6.07, 6.45) is -0.278. The molecule has 0 saturated heterocycles. The number of hydrogen-bond donors (Lipinski definition) is 2. The van der Waals surface area contributed by atoms with Crippen LogP contribution < -0.4 is 0 Å². The van der Waals surface area contributed by atoms with Gasteiger partial charge in [-0.25, -0.2) is 0 Å². The molecule has 2 nitrogen and oxygen atoms in total. The van der Waals surface area contributed by atoms with Gasteiger partial charge in [0.2, 0.25) is 0 Å². The molecule has 0 heterocycles. The highest BCUT2D eigenvalue weighted by atomic mass is 28.3. The van der Waals surface area contributed by atoms with Gasteiger partial charge in [-0.2, -0.15) is 0 Å². The Balaban J connectivity index is 3.73. The molecule has 0 radical (unpaired) electrons. The van der Waals surface area contributed by atoms with Gasteiger partial charge >= 0.3 is 0 Å². The van der Waals surface area contributed by atoms with Crippen molar-refractivity contribution in [2.75, 3.05) is 6.61 Å². The fourth-order valence-corrected chi connectivity index (χ4v) is 1.13. The molecule has 2 N–H and O–H groups in total. The Morgan fingerprint density at radius 2 is 1.91 bits per heavy atom. The van der Waals surface area contributed by atoms with E-state index in [1.165, 1.54) is 0 Å². The lowest BCUT2D eigenvalue weighted by Gasteiger charge is -2.04. The van der Waals surface area contributed by atoms with E-state index >= 15 is 0 Å². The minimum atomic E-state index is -1.29. The molecular formula is C8H16O2Si. The average molecular weight is 172 g/mol. The second kappa shape index (κ2) is 4.55. The molecule has 0 aliphatic carbocycles. The first-order valence-electron chi connectivity index (χ1n) is 3.74. The molecule has 0 aliphatic heterocycles. The van der Waals surface area contributed by atoms with Gasteiger partial charge in [-0.05, 0) is 0 Å². The van der Waals surface area contributed by atoms with Crippen LogP contribution >= 0.6 is 0 Å². The summed E-state index contributed by atoms with van der Waals surface area (Å²) in [5.74, 6) is 2.88.